The predicted octanol–water partition coefficient (Wildman–Crippen LogP) is 2.62. The van der Waals surface area contributed by atoms with Gasteiger partial charge in [0.2, 0.25) is 0 Å². The molecule has 118 valence electrons. The summed E-state index contributed by atoms with van der Waals surface area (Å²) in [7, 11) is 2.01. The van der Waals surface area contributed by atoms with Crippen molar-refractivity contribution in [1.29, 1.82) is 0 Å². The van der Waals surface area contributed by atoms with Crippen molar-refractivity contribution in [3.05, 3.63) is 11.5 Å². The molecule has 0 aromatic carbocycles. The van der Waals surface area contributed by atoms with Crippen LogP contribution in [-0.2, 0) is 6.18 Å². The van der Waals surface area contributed by atoms with Gasteiger partial charge in [0.15, 0.2) is 5.69 Å². The molecule has 0 saturated carbocycles. The fourth-order valence-corrected chi connectivity index (χ4v) is 2.76. The number of piperazine rings is 1. The molecule has 2 heterocycles. The molecule has 4 nitrogen and oxygen atoms in total. The van der Waals surface area contributed by atoms with E-state index in [-0.39, 0.29) is 22.1 Å². The second-order valence-electron chi connectivity index (χ2n) is 5.94. The first kappa shape index (κ1) is 16.4. The standard InChI is InChI=1S/C13H19F3N4S/c1-8-17-10(13(14,15)16)9(21)11(18-8)20-6-5-19(4)12(2,3)7-20/h21H,5-7H2,1-4H3. The van der Waals surface area contributed by atoms with Crippen LogP contribution in [0.2, 0.25) is 0 Å². The number of hydrogen-bond acceptors (Lipinski definition) is 5. The molecule has 1 saturated heterocycles. The number of hydrogen-bond donors (Lipinski definition) is 1. The molecule has 1 aliphatic heterocycles. The Morgan fingerprint density at radius 3 is 2.33 bits per heavy atom. The van der Waals surface area contributed by atoms with E-state index < -0.39 is 11.9 Å². The molecule has 0 aliphatic carbocycles. The summed E-state index contributed by atoms with van der Waals surface area (Å²) in [6.07, 6.45) is -4.53. The van der Waals surface area contributed by atoms with E-state index in [2.05, 4.69) is 41.3 Å². The van der Waals surface area contributed by atoms with Crippen molar-refractivity contribution in [1.82, 2.24) is 14.9 Å². The normalized spacial score (nSPS) is 19.9. The molecular weight excluding hydrogens is 301 g/mol. The van der Waals surface area contributed by atoms with Crippen LogP contribution in [0.4, 0.5) is 19.0 Å². The maximum absolute atomic E-state index is 13.0. The summed E-state index contributed by atoms with van der Waals surface area (Å²) in [6.45, 7) is 7.52. The smallest absolute Gasteiger partial charge is 0.352 e. The number of anilines is 1. The largest absolute Gasteiger partial charge is 0.434 e. The highest BCUT2D eigenvalue weighted by molar-refractivity contribution is 7.80. The Morgan fingerprint density at radius 2 is 1.81 bits per heavy atom. The van der Waals surface area contributed by atoms with E-state index in [1.54, 1.807) is 0 Å². The lowest BCUT2D eigenvalue weighted by atomic mass is 10.00. The Hall–Kier alpha value is -1.02. The van der Waals surface area contributed by atoms with Crippen molar-refractivity contribution in [2.45, 2.75) is 37.4 Å². The Labute approximate surface area is 127 Å². The van der Waals surface area contributed by atoms with Crippen LogP contribution in [0.5, 0.6) is 0 Å². The van der Waals surface area contributed by atoms with Crippen molar-refractivity contribution >= 4 is 18.4 Å². The van der Waals surface area contributed by atoms with Gasteiger partial charge in [-0.05, 0) is 27.8 Å². The first-order valence-electron chi connectivity index (χ1n) is 6.63. The van der Waals surface area contributed by atoms with Gasteiger partial charge in [0.25, 0.3) is 0 Å². The van der Waals surface area contributed by atoms with Gasteiger partial charge in [-0.1, -0.05) is 0 Å². The van der Waals surface area contributed by atoms with E-state index in [1.165, 1.54) is 6.92 Å². The lowest BCUT2D eigenvalue weighted by Gasteiger charge is -2.46. The van der Waals surface area contributed by atoms with Crippen LogP contribution in [0.15, 0.2) is 4.90 Å². The lowest BCUT2D eigenvalue weighted by molar-refractivity contribution is -0.143. The highest BCUT2D eigenvalue weighted by Gasteiger charge is 2.39. The van der Waals surface area contributed by atoms with Gasteiger partial charge in [0.1, 0.15) is 11.6 Å². The van der Waals surface area contributed by atoms with Crippen molar-refractivity contribution in [3.8, 4) is 0 Å². The van der Waals surface area contributed by atoms with Gasteiger partial charge in [-0.25, -0.2) is 9.97 Å². The third kappa shape index (κ3) is 3.26. The average molecular weight is 320 g/mol. The molecule has 0 unspecified atom stereocenters. The van der Waals surface area contributed by atoms with Crippen LogP contribution in [0.25, 0.3) is 0 Å². The summed E-state index contributed by atoms with van der Waals surface area (Å²) < 4.78 is 39.1. The monoisotopic (exact) mass is 320 g/mol. The van der Waals surface area contributed by atoms with E-state index in [4.69, 9.17) is 0 Å². The Kier molecular flexibility index (Phi) is 4.14. The fourth-order valence-electron chi connectivity index (χ4n) is 2.39. The molecule has 8 heteroatoms. The highest BCUT2D eigenvalue weighted by Crippen LogP contribution is 2.37. The van der Waals surface area contributed by atoms with Crippen molar-refractivity contribution < 1.29 is 13.2 Å². The van der Waals surface area contributed by atoms with Crippen molar-refractivity contribution in [2.24, 2.45) is 0 Å². The summed E-state index contributed by atoms with van der Waals surface area (Å²) in [4.78, 5) is 11.5. The molecule has 0 N–H and O–H groups in total. The Morgan fingerprint density at radius 1 is 1.19 bits per heavy atom. The van der Waals surface area contributed by atoms with Crippen LogP contribution < -0.4 is 4.90 Å². The number of nitrogens with zero attached hydrogens (tertiary/aromatic N) is 4. The first-order valence-corrected chi connectivity index (χ1v) is 7.08. The van der Waals surface area contributed by atoms with Crippen molar-refractivity contribution in [3.63, 3.8) is 0 Å². The summed E-state index contributed by atoms with van der Waals surface area (Å²) in [5.74, 6) is 0.367. The van der Waals surface area contributed by atoms with Gasteiger partial charge in [-0.15, -0.1) is 12.6 Å². The Bertz CT molecular complexity index is 545. The molecule has 0 spiro atoms. The fraction of sp³-hybridized carbons (Fsp3) is 0.692. The number of thiol groups is 1. The molecule has 1 aliphatic rings. The van der Waals surface area contributed by atoms with Crippen molar-refractivity contribution in [2.75, 3.05) is 31.6 Å². The van der Waals surface area contributed by atoms with Crippen LogP contribution in [-0.4, -0.2) is 47.1 Å². The minimum absolute atomic E-state index is 0.104. The molecule has 1 aromatic heterocycles. The van der Waals surface area contributed by atoms with Gasteiger partial charge in [-0.2, -0.15) is 13.2 Å². The van der Waals surface area contributed by atoms with E-state index >= 15 is 0 Å². The molecule has 0 radical (unpaired) electrons. The molecular formula is C13H19F3N4S. The third-order valence-corrected chi connectivity index (χ3v) is 4.27. The number of rotatable bonds is 1. The number of likely N-dealkylation sites (N-methyl/N-ethyl adjacent to an activating group) is 1. The first-order chi connectivity index (χ1) is 9.52. The van der Waals surface area contributed by atoms with Crippen LogP contribution >= 0.6 is 12.6 Å². The lowest BCUT2D eigenvalue weighted by Crippen LogP contribution is -2.58. The summed E-state index contributed by atoms with van der Waals surface area (Å²) in [5, 5.41) is 0. The summed E-state index contributed by atoms with van der Waals surface area (Å²) >= 11 is 4.04. The second kappa shape index (κ2) is 5.31. The van der Waals surface area contributed by atoms with E-state index in [0.29, 0.717) is 13.1 Å². The van der Waals surface area contributed by atoms with Gasteiger partial charge in [-0.3, -0.25) is 4.90 Å². The molecule has 0 bridgehead atoms. The number of aromatic nitrogens is 2. The van der Waals surface area contributed by atoms with Crippen LogP contribution in [0.1, 0.15) is 25.4 Å². The average Bonchev–Trinajstić information content (AvgIpc) is 2.34. The predicted molar refractivity (Wildman–Crippen MR) is 77.9 cm³/mol. The Balaban J connectivity index is 2.43. The zero-order valence-electron chi connectivity index (χ0n) is 12.5. The van der Waals surface area contributed by atoms with Gasteiger partial charge in [0, 0.05) is 25.2 Å². The topological polar surface area (TPSA) is 32.3 Å². The van der Waals surface area contributed by atoms with Crippen LogP contribution in [0, 0.1) is 6.92 Å². The van der Waals surface area contributed by atoms with E-state index in [9.17, 15) is 13.2 Å². The highest BCUT2D eigenvalue weighted by atomic mass is 32.1. The maximum atomic E-state index is 13.0. The zero-order chi connectivity index (χ0) is 16.0. The summed E-state index contributed by atoms with van der Waals surface area (Å²) in [5.41, 5.74) is -1.11. The maximum Gasteiger partial charge on any atom is 0.434 e. The molecule has 1 fully saturated rings. The molecule has 0 atom stereocenters. The van der Waals surface area contributed by atoms with Gasteiger partial charge in [0.05, 0.1) is 4.90 Å². The zero-order valence-corrected chi connectivity index (χ0v) is 13.4. The quantitative estimate of drug-likeness (QED) is 0.806. The van der Waals surface area contributed by atoms with Crippen LogP contribution in [0.3, 0.4) is 0 Å². The molecule has 2 rings (SSSR count). The van der Waals surface area contributed by atoms with E-state index in [0.717, 1.165) is 6.54 Å². The minimum atomic E-state index is -4.53. The minimum Gasteiger partial charge on any atom is -0.352 e. The third-order valence-electron chi connectivity index (χ3n) is 3.86. The van der Waals surface area contributed by atoms with E-state index in [1.807, 2.05) is 11.9 Å². The number of aryl methyl sites for hydroxylation is 1. The molecule has 1 aromatic rings. The molecule has 0 amide bonds. The number of halogens is 3. The second-order valence-corrected chi connectivity index (χ2v) is 6.39. The number of alkyl halides is 3. The van der Waals surface area contributed by atoms with Gasteiger partial charge < -0.3 is 4.90 Å². The summed E-state index contributed by atoms with van der Waals surface area (Å²) in [6, 6.07) is 0. The molecule has 21 heavy (non-hydrogen) atoms. The SMILES string of the molecule is Cc1nc(N2CCN(C)C(C)(C)C2)c(S)c(C(F)(F)F)n1. The van der Waals surface area contributed by atoms with Gasteiger partial charge >= 0.3 is 6.18 Å².